The van der Waals surface area contributed by atoms with Gasteiger partial charge in [0.25, 0.3) is 0 Å². The summed E-state index contributed by atoms with van der Waals surface area (Å²) in [5.41, 5.74) is 0.860. The number of hydrogen-bond acceptors (Lipinski definition) is 3. The second-order valence-electron chi connectivity index (χ2n) is 2.65. The van der Waals surface area contributed by atoms with Crippen LogP contribution in [0.4, 0.5) is 0 Å². The molecule has 1 heterocycles. The van der Waals surface area contributed by atoms with E-state index in [0.29, 0.717) is 20.6 Å². The van der Waals surface area contributed by atoms with Crippen molar-refractivity contribution < 1.29 is 4.42 Å². The molecule has 1 aromatic carbocycles. The highest BCUT2D eigenvalue weighted by Gasteiger charge is 2.05. The van der Waals surface area contributed by atoms with Gasteiger partial charge in [-0.2, -0.15) is 0 Å². The van der Waals surface area contributed by atoms with E-state index in [1.165, 1.54) is 0 Å². The van der Waals surface area contributed by atoms with E-state index in [2.05, 4.69) is 4.98 Å². The minimum Gasteiger partial charge on any atom is -0.437 e. The van der Waals surface area contributed by atoms with Crippen LogP contribution in [0.5, 0.6) is 0 Å². The summed E-state index contributed by atoms with van der Waals surface area (Å²) in [7, 11) is 0. The summed E-state index contributed by atoms with van der Waals surface area (Å²) in [4.78, 5) is 15.7. The number of fused-ring (bicyclic) bond motifs is 1. The normalized spacial score (nSPS) is 10.6. The summed E-state index contributed by atoms with van der Waals surface area (Å²) in [6.07, 6.45) is 0. The van der Waals surface area contributed by atoms with Gasteiger partial charge in [0, 0.05) is 6.92 Å². The summed E-state index contributed by atoms with van der Waals surface area (Å²) in [6, 6.07) is 5.32. The van der Waals surface area contributed by atoms with Gasteiger partial charge in [-0.05, 0) is 34.7 Å². The van der Waals surface area contributed by atoms with E-state index in [9.17, 15) is 4.79 Å². The molecule has 0 aliphatic heterocycles. The van der Waals surface area contributed by atoms with Gasteiger partial charge in [-0.1, -0.05) is 6.07 Å². The molecule has 0 saturated heterocycles. The van der Waals surface area contributed by atoms with Gasteiger partial charge in [-0.15, -0.1) is 0 Å². The average molecular weight is 287 g/mol. The SMILES string of the molecule is Cc1nc2cccc(I)c(=O)c2o1. The fraction of sp³-hybridized carbons (Fsp3) is 0.111. The third-order valence-corrected chi connectivity index (χ3v) is 2.53. The molecule has 0 aliphatic rings. The Bertz CT molecular complexity index is 518. The molecule has 0 saturated carbocycles. The van der Waals surface area contributed by atoms with E-state index in [0.717, 1.165) is 0 Å². The average Bonchev–Trinajstić information content (AvgIpc) is 2.40. The molecule has 0 spiro atoms. The standard InChI is InChI=1S/C9H6INO2/c1-5-11-7-4-2-3-6(10)8(12)9(7)13-5/h2-4H,1H3. The molecule has 0 fully saturated rings. The Morgan fingerprint density at radius 2 is 2.23 bits per heavy atom. The van der Waals surface area contributed by atoms with E-state index in [1.807, 2.05) is 22.6 Å². The first kappa shape index (κ1) is 8.68. The number of aromatic nitrogens is 1. The van der Waals surface area contributed by atoms with Crippen molar-refractivity contribution in [2.24, 2.45) is 0 Å². The minimum absolute atomic E-state index is 0.0961. The molecule has 66 valence electrons. The van der Waals surface area contributed by atoms with Crippen LogP contribution >= 0.6 is 22.6 Å². The molecule has 3 nitrogen and oxygen atoms in total. The van der Waals surface area contributed by atoms with Crippen LogP contribution in [0, 0.1) is 10.5 Å². The first-order chi connectivity index (χ1) is 6.18. The van der Waals surface area contributed by atoms with Gasteiger partial charge in [0.2, 0.25) is 11.0 Å². The molecule has 0 atom stereocenters. The number of nitrogens with zero attached hydrogens (tertiary/aromatic N) is 1. The third kappa shape index (κ3) is 1.46. The van der Waals surface area contributed by atoms with Crippen LogP contribution in [0.2, 0.25) is 0 Å². The molecular weight excluding hydrogens is 281 g/mol. The Balaban J connectivity index is 3.04. The second kappa shape index (κ2) is 3.10. The van der Waals surface area contributed by atoms with E-state index in [1.54, 1.807) is 25.1 Å². The lowest BCUT2D eigenvalue weighted by Gasteiger charge is -1.77. The zero-order valence-electron chi connectivity index (χ0n) is 6.87. The Labute approximate surface area is 87.9 Å². The lowest BCUT2D eigenvalue weighted by molar-refractivity contribution is 0.558. The van der Waals surface area contributed by atoms with E-state index >= 15 is 0 Å². The predicted molar refractivity (Wildman–Crippen MR) is 57.7 cm³/mol. The Morgan fingerprint density at radius 3 is 3.00 bits per heavy atom. The minimum atomic E-state index is -0.0961. The van der Waals surface area contributed by atoms with Crippen molar-refractivity contribution in [3.05, 3.63) is 37.9 Å². The monoisotopic (exact) mass is 287 g/mol. The Kier molecular flexibility index (Phi) is 2.07. The van der Waals surface area contributed by atoms with Gasteiger partial charge in [0.1, 0.15) is 5.52 Å². The number of hydrogen-bond donors (Lipinski definition) is 0. The number of halogens is 1. The molecule has 0 bridgehead atoms. The highest BCUT2D eigenvalue weighted by Crippen LogP contribution is 2.10. The van der Waals surface area contributed by atoms with Crippen LogP contribution < -0.4 is 5.43 Å². The maximum Gasteiger partial charge on any atom is 0.236 e. The smallest absolute Gasteiger partial charge is 0.236 e. The van der Waals surface area contributed by atoms with Crippen LogP contribution in [0.3, 0.4) is 0 Å². The molecule has 2 rings (SSSR count). The molecule has 0 aliphatic carbocycles. The van der Waals surface area contributed by atoms with Gasteiger partial charge in [-0.25, -0.2) is 4.98 Å². The van der Waals surface area contributed by atoms with Crippen molar-refractivity contribution in [2.45, 2.75) is 6.92 Å². The number of rotatable bonds is 0. The summed E-state index contributed by atoms with van der Waals surface area (Å²) in [6.45, 7) is 1.73. The maximum atomic E-state index is 11.6. The van der Waals surface area contributed by atoms with Crippen molar-refractivity contribution in [2.75, 3.05) is 0 Å². The molecule has 0 unspecified atom stereocenters. The molecular formula is C9H6INO2. The Hall–Kier alpha value is -0.910. The quantitative estimate of drug-likeness (QED) is 0.697. The maximum absolute atomic E-state index is 11.6. The van der Waals surface area contributed by atoms with Crippen LogP contribution in [-0.4, -0.2) is 4.98 Å². The fourth-order valence-corrected chi connectivity index (χ4v) is 1.58. The van der Waals surface area contributed by atoms with Crippen molar-refractivity contribution in [3.63, 3.8) is 0 Å². The lowest BCUT2D eigenvalue weighted by atomic mass is 10.4. The molecule has 2 aromatic rings. The predicted octanol–water partition coefficient (Wildman–Crippen LogP) is 2.10. The lowest BCUT2D eigenvalue weighted by Crippen LogP contribution is -1.99. The van der Waals surface area contributed by atoms with Crippen molar-refractivity contribution >= 4 is 33.7 Å². The molecule has 0 radical (unpaired) electrons. The van der Waals surface area contributed by atoms with Gasteiger partial charge in [-0.3, -0.25) is 4.79 Å². The van der Waals surface area contributed by atoms with Gasteiger partial charge >= 0.3 is 0 Å². The largest absolute Gasteiger partial charge is 0.437 e. The highest BCUT2D eigenvalue weighted by molar-refractivity contribution is 14.1. The summed E-state index contributed by atoms with van der Waals surface area (Å²) >= 11 is 1.99. The fourth-order valence-electron chi connectivity index (χ4n) is 1.13. The first-order valence-corrected chi connectivity index (χ1v) is 4.82. The molecule has 4 heteroatoms. The van der Waals surface area contributed by atoms with Crippen molar-refractivity contribution in [3.8, 4) is 0 Å². The summed E-state index contributed by atoms with van der Waals surface area (Å²) in [5.74, 6) is 0.522. The molecule has 0 N–H and O–H groups in total. The van der Waals surface area contributed by atoms with Gasteiger partial charge < -0.3 is 4.42 Å². The molecule has 1 aromatic heterocycles. The Morgan fingerprint density at radius 1 is 1.46 bits per heavy atom. The summed E-state index contributed by atoms with van der Waals surface area (Å²) < 4.78 is 5.85. The third-order valence-electron chi connectivity index (χ3n) is 1.68. The van der Waals surface area contributed by atoms with E-state index in [4.69, 9.17) is 4.42 Å². The number of oxazole rings is 1. The van der Waals surface area contributed by atoms with E-state index < -0.39 is 0 Å². The van der Waals surface area contributed by atoms with Crippen molar-refractivity contribution in [1.82, 2.24) is 4.98 Å². The van der Waals surface area contributed by atoms with Crippen LogP contribution in [0.15, 0.2) is 27.4 Å². The summed E-state index contributed by atoms with van der Waals surface area (Å²) in [5, 5.41) is 0. The highest BCUT2D eigenvalue weighted by atomic mass is 127. The molecule has 0 amide bonds. The second-order valence-corrected chi connectivity index (χ2v) is 3.81. The van der Waals surface area contributed by atoms with Gasteiger partial charge in [0.15, 0.2) is 5.89 Å². The van der Waals surface area contributed by atoms with E-state index in [-0.39, 0.29) is 5.43 Å². The topological polar surface area (TPSA) is 43.1 Å². The zero-order chi connectivity index (χ0) is 9.42. The van der Waals surface area contributed by atoms with Crippen LogP contribution in [0.25, 0.3) is 11.1 Å². The zero-order valence-corrected chi connectivity index (χ0v) is 9.03. The van der Waals surface area contributed by atoms with Crippen molar-refractivity contribution in [1.29, 1.82) is 0 Å². The van der Waals surface area contributed by atoms with Crippen LogP contribution in [0.1, 0.15) is 5.89 Å². The molecule has 13 heavy (non-hydrogen) atoms. The first-order valence-electron chi connectivity index (χ1n) is 3.74. The van der Waals surface area contributed by atoms with Crippen LogP contribution in [-0.2, 0) is 0 Å². The number of aryl methyl sites for hydroxylation is 1. The van der Waals surface area contributed by atoms with Gasteiger partial charge in [0.05, 0.1) is 3.57 Å².